The van der Waals surface area contributed by atoms with E-state index < -0.39 is 0 Å². The summed E-state index contributed by atoms with van der Waals surface area (Å²) in [6.45, 7) is 4.05. The van der Waals surface area contributed by atoms with Crippen LogP contribution >= 0.6 is 27.7 Å². The maximum absolute atomic E-state index is 12.6. The lowest BCUT2D eigenvalue weighted by molar-refractivity contribution is -0.113. The average Bonchev–Trinajstić information content (AvgIpc) is 3.19. The number of carbonyl (C=O) groups is 1. The molecule has 0 aliphatic carbocycles. The van der Waals surface area contributed by atoms with Crippen LogP contribution in [0.5, 0.6) is 0 Å². The lowest BCUT2D eigenvalue weighted by Crippen LogP contribution is -2.15. The third kappa shape index (κ3) is 5.03. The van der Waals surface area contributed by atoms with Gasteiger partial charge >= 0.3 is 0 Å². The van der Waals surface area contributed by atoms with Gasteiger partial charge in [-0.05, 0) is 77.3 Å². The van der Waals surface area contributed by atoms with Gasteiger partial charge in [-0.15, -0.1) is 10.2 Å². The average molecular weight is 494 g/mol. The van der Waals surface area contributed by atoms with E-state index in [2.05, 4.69) is 42.5 Å². The van der Waals surface area contributed by atoms with Gasteiger partial charge in [0.2, 0.25) is 5.91 Å². The highest BCUT2D eigenvalue weighted by Gasteiger charge is 2.17. The predicted octanol–water partition coefficient (Wildman–Crippen LogP) is 5.44. The van der Waals surface area contributed by atoms with E-state index in [1.54, 1.807) is 12.4 Å². The summed E-state index contributed by atoms with van der Waals surface area (Å²) >= 11 is 4.84. The van der Waals surface area contributed by atoms with Gasteiger partial charge in [-0.1, -0.05) is 30.0 Å². The first-order valence-electron chi connectivity index (χ1n) is 9.63. The van der Waals surface area contributed by atoms with Crippen molar-refractivity contribution in [2.24, 2.45) is 0 Å². The summed E-state index contributed by atoms with van der Waals surface area (Å²) in [7, 11) is 0. The summed E-state index contributed by atoms with van der Waals surface area (Å²) in [5, 5.41) is 12.4. The zero-order valence-electron chi connectivity index (χ0n) is 17.0. The Morgan fingerprint density at radius 1 is 1.03 bits per heavy atom. The summed E-state index contributed by atoms with van der Waals surface area (Å²) in [6.07, 6.45) is 3.45. The monoisotopic (exact) mass is 493 g/mol. The number of aromatic nitrogens is 4. The van der Waals surface area contributed by atoms with Crippen molar-refractivity contribution in [1.82, 2.24) is 19.7 Å². The Hall–Kier alpha value is -2.97. The van der Waals surface area contributed by atoms with E-state index in [0.29, 0.717) is 11.0 Å². The first kappa shape index (κ1) is 21.3. The second kappa shape index (κ2) is 9.45. The molecule has 1 N–H and O–H groups in total. The number of nitrogens with zero attached hydrogens (tertiary/aromatic N) is 4. The molecular formula is C23H20BrN5OS. The maximum atomic E-state index is 12.6. The number of rotatable bonds is 6. The van der Waals surface area contributed by atoms with Crippen LogP contribution in [0, 0.1) is 13.8 Å². The molecule has 156 valence electrons. The molecular weight excluding hydrogens is 474 g/mol. The van der Waals surface area contributed by atoms with Crippen molar-refractivity contribution < 1.29 is 4.79 Å². The normalized spacial score (nSPS) is 10.8. The minimum Gasteiger partial charge on any atom is -0.324 e. The van der Waals surface area contributed by atoms with Crippen LogP contribution < -0.4 is 5.32 Å². The fourth-order valence-corrected chi connectivity index (χ4v) is 4.43. The van der Waals surface area contributed by atoms with Crippen LogP contribution in [0.3, 0.4) is 0 Å². The lowest BCUT2D eigenvalue weighted by atomic mass is 10.2. The molecule has 0 fully saturated rings. The Morgan fingerprint density at radius 3 is 2.55 bits per heavy atom. The van der Waals surface area contributed by atoms with Crippen molar-refractivity contribution in [3.8, 4) is 17.1 Å². The van der Waals surface area contributed by atoms with Gasteiger partial charge in [0.25, 0.3) is 0 Å². The van der Waals surface area contributed by atoms with Crippen LogP contribution in [-0.2, 0) is 4.79 Å². The number of pyridine rings is 1. The smallest absolute Gasteiger partial charge is 0.234 e. The zero-order chi connectivity index (χ0) is 21.8. The zero-order valence-corrected chi connectivity index (χ0v) is 19.4. The predicted molar refractivity (Wildman–Crippen MR) is 128 cm³/mol. The molecule has 0 unspecified atom stereocenters. The third-order valence-corrected chi connectivity index (χ3v) is 6.15. The Balaban J connectivity index is 1.59. The van der Waals surface area contributed by atoms with E-state index in [4.69, 9.17) is 0 Å². The first-order chi connectivity index (χ1) is 15.0. The topological polar surface area (TPSA) is 72.7 Å². The molecule has 0 aliphatic rings. The molecule has 0 spiro atoms. The number of carbonyl (C=O) groups excluding carboxylic acids is 1. The van der Waals surface area contributed by atoms with Crippen LogP contribution in [0.4, 0.5) is 5.69 Å². The van der Waals surface area contributed by atoms with Gasteiger partial charge < -0.3 is 5.32 Å². The van der Waals surface area contributed by atoms with E-state index >= 15 is 0 Å². The summed E-state index contributed by atoms with van der Waals surface area (Å²) in [5.41, 5.74) is 4.85. The quantitative estimate of drug-likeness (QED) is 0.362. The fourth-order valence-electron chi connectivity index (χ4n) is 3.09. The molecule has 4 rings (SSSR count). The number of thioether (sulfide) groups is 1. The highest BCUT2D eigenvalue weighted by Crippen LogP contribution is 2.29. The van der Waals surface area contributed by atoms with Crippen molar-refractivity contribution in [2.45, 2.75) is 19.0 Å². The van der Waals surface area contributed by atoms with Crippen molar-refractivity contribution in [3.05, 3.63) is 82.6 Å². The molecule has 2 aromatic carbocycles. The molecule has 6 nitrogen and oxygen atoms in total. The van der Waals surface area contributed by atoms with Gasteiger partial charge in [0.15, 0.2) is 11.0 Å². The summed E-state index contributed by atoms with van der Waals surface area (Å²) < 4.78 is 2.83. The van der Waals surface area contributed by atoms with E-state index in [1.165, 1.54) is 11.8 Å². The standard InChI is InChI=1S/C23H20BrN5OS/c1-15-4-3-5-18(12-15)29-22(17-8-10-25-11-9-17)27-28-23(29)31-14-21(30)26-20-7-6-16(2)13-19(20)24/h3-13H,14H2,1-2H3,(H,26,30). The molecule has 2 aromatic heterocycles. The second-order valence-corrected chi connectivity index (χ2v) is 8.83. The van der Waals surface area contributed by atoms with E-state index in [-0.39, 0.29) is 11.7 Å². The van der Waals surface area contributed by atoms with Crippen molar-refractivity contribution in [2.75, 3.05) is 11.1 Å². The number of nitrogens with one attached hydrogen (secondary N) is 1. The lowest BCUT2D eigenvalue weighted by Gasteiger charge is -2.11. The molecule has 0 bridgehead atoms. The van der Waals surface area contributed by atoms with Gasteiger partial charge in [0.05, 0.1) is 11.4 Å². The third-order valence-electron chi connectivity index (χ3n) is 4.56. The molecule has 0 saturated heterocycles. The molecule has 2 heterocycles. The Bertz CT molecular complexity index is 1230. The van der Waals surface area contributed by atoms with Gasteiger partial charge in [-0.25, -0.2) is 0 Å². The first-order valence-corrected chi connectivity index (χ1v) is 11.4. The minimum absolute atomic E-state index is 0.112. The van der Waals surface area contributed by atoms with Crippen LogP contribution in [0.25, 0.3) is 17.1 Å². The summed E-state index contributed by atoms with van der Waals surface area (Å²) in [4.78, 5) is 16.7. The minimum atomic E-state index is -0.112. The summed E-state index contributed by atoms with van der Waals surface area (Å²) in [6, 6.07) is 17.7. The Kier molecular flexibility index (Phi) is 6.48. The van der Waals surface area contributed by atoms with Crippen LogP contribution in [-0.4, -0.2) is 31.4 Å². The maximum Gasteiger partial charge on any atom is 0.234 e. The molecule has 4 aromatic rings. The molecule has 0 radical (unpaired) electrons. The van der Waals surface area contributed by atoms with Crippen LogP contribution in [0.15, 0.2) is 76.6 Å². The van der Waals surface area contributed by atoms with E-state index in [0.717, 1.165) is 32.5 Å². The van der Waals surface area contributed by atoms with Gasteiger partial charge in [0.1, 0.15) is 0 Å². The number of hydrogen-bond acceptors (Lipinski definition) is 5. The van der Waals surface area contributed by atoms with Crippen molar-refractivity contribution in [3.63, 3.8) is 0 Å². The fraction of sp³-hybridized carbons (Fsp3) is 0.130. The van der Waals surface area contributed by atoms with Crippen LogP contribution in [0.1, 0.15) is 11.1 Å². The number of benzene rings is 2. The number of aryl methyl sites for hydroxylation is 2. The molecule has 0 aliphatic heterocycles. The highest BCUT2D eigenvalue weighted by molar-refractivity contribution is 9.10. The van der Waals surface area contributed by atoms with Crippen molar-refractivity contribution >= 4 is 39.3 Å². The SMILES string of the molecule is Cc1cccc(-n2c(SCC(=O)Nc3ccc(C)cc3Br)nnc2-c2ccncc2)c1. The van der Waals surface area contributed by atoms with Gasteiger partial charge in [0, 0.05) is 28.1 Å². The number of halogens is 1. The highest BCUT2D eigenvalue weighted by atomic mass is 79.9. The van der Waals surface area contributed by atoms with Gasteiger partial charge in [-0.2, -0.15) is 0 Å². The molecule has 0 atom stereocenters. The second-order valence-electron chi connectivity index (χ2n) is 7.04. The molecule has 31 heavy (non-hydrogen) atoms. The molecule has 8 heteroatoms. The largest absolute Gasteiger partial charge is 0.324 e. The number of hydrogen-bond donors (Lipinski definition) is 1. The van der Waals surface area contributed by atoms with E-state index in [9.17, 15) is 4.79 Å². The van der Waals surface area contributed by atoms with E-state index in [1.807, 2.05) is 66.9 Å². The number of anilines is 1. The molecule has 0 saturated carbocycles. The van der Waals surface area contributed by atoms with Gasteiger partial charge in [-0.3, -0.25) is 14.3 Å². The van der Waals surface area contributed by atoms with Crippen molar-refractivity contribution in [1.29, 1.82) is 0 Å². The molecule has 1 amide bonds. The van der Waals surface area contributed by atoms with Crippen LogP contribution in [0.2, 0.25) is 0 Å². The summed E-state index contributed by atoms with van der Waals surface area (Å²) in [5.74, 6) is 0.802. The number of amides is 1. The Morgan fingerprint density at radius 2 is 1.81 bits per heavy atom. The Labute approximate surface area is 193 Å².